The molecule has 7 heteroatoms. The second-order valence-corrected chi connectivity index (χ2v) is 5.76. The molecule has 5 nitrogen and oxygen atoms in total. The van der Waals surface area contributed by atoms with Crippen molar-refractivity contribution in [1.29, 1.82) is 0 Å². The molecule has 0 saturated heterocycles. The Morgan fingerprint density at radius 3 is 2.76 bits per heavy atom. The van der Waals surface area contributed by atoms with E-state index in [-0.39, 0.29) is 0 Å². The zero-order valence-electron chi connectivity index (χ0n) is 11.1. The molecule has 3 rings (SSSR count). The molecular weight excluding hydrogens is 354 g/mol. The van der Waals surface area contributed by atoms with Gasteiger partial charge < -0.3 is 5.73 Å². The molecule has 0 fully saturated rings. The quantitative estimate of drug-likeness (QED) is 0.705. The normalized spacial score (nSPS) is 10.8. The number of tetrazole rings is 1. The zero-order valence-corrected chi connectivity index (χ0v) is 13.4. The fourth-order valence-corrected chi connectivity index (χ4v) is 2.61. The van der Waals surface area contributed by atoms with Crippen LogP contribution >= 0.6 is 27.5 Å². The van der Waals surface area contributed by atoms with Gasteiger partial charge in [0.2, 0.25) is 0 Å². The number of aromatic nitrogens is 4. The van der Waals surface area contributed by atoms with Crippen molar-refractivity contribution in [3.05, 3.63) is 51.5 Å². The summed E-state index contributed by atoms with van der Waals surface area (Å²) in [6, 6.07) is 11.2. The first kappa shape index (κ1) is 14.0. The highest BCUT2D eigenvalue weighted by Crippen LogP contribution is 2.32. The third kappa shape index (κ3) is 2.41. The Labute approximate surface area is 134 Å². The van der Waals surface area contributed by atoms with Crippen LogP contribution in [0.5, 0.6) is 0 Å². The summed E-state index contributed by atoms with van der Waals surface area (Å²) in [7, 11) is 0. The van der Waals surface area contributed by atoms with E-state index in [1.165, 1.54) is 0 Å². The minimum atomic E-state index is 0.461. The Morgan fingerprint density at radius 1 is 1.19 bits per heavy atom. The van der Waals surface area contributed by atoms with Crippen LogP contribution in [0.2, 0.25) is 5.02 Å². The van der Waals surface area contributed by atoms with Gasteiger partial charge >= 0.3 is 0 Å². The molecule has 0 aliphatic rings. The minimum absolute atomic E-state index is 0.461. The number of nitrogen functional groups attached to an aromatic ring is 1. The van der Waals surface area contributed by atoms with E-state index in [0.29, 0.717) is 22.1 Å². The monoisotopic (exact) mass is 363 g/mol. The van der Waals surface area contributed by atoms with E-state index >= 15 is 0 Å². The molecule has 0 aliphatic heterocycles. The topological polar surface area (TPSA) is 69.6 Å². The largest absolute Gasteiger partial charge is 0.397 e. The Kier molecular flexibility index (Phi) is 3.65. The van der Waals surface area contributed by atoms with Crippen LogP contribution in [0.3, 0.4) is 0 Å². The standard InChI is InChI=1S/C14H11BrClN5/c1-8-10(15)5-3-7-12(8)21-14(18-19-20-21)9-4-2-6-11(16)13(9)17/h2-7H,17H2,1H3. The Balaban J connectivity index is 2.22. The van der Waals surface area contributed by atoms with Gasteiger partial charge in [-0.2, -0.15) is 4.68 Å². The SMILES string of the molecule is Cc1c(Br)cccc1-n1nnnc1-c1cccc(Cl)c1N. The maximum absolute atomic E-state index is 6.08. The number of nitrogens with two attached hydrogens (primary N) is 1. The predicted molar refractivity (Wildman–Crippen MR) is 86.4 cm³/mol. The van der Waals surface area contributed by atoms with Crippen molar-refractivity contribution in [3.8, 4) is 17.1 Å². The van der Waals surface area contributed by atoms with Gasteiger partial charge in [0.1, 0.15) is 0 Å². The van der Waals surface area contributed by atoms with E-state index in [0.717, 1.165) is 15.7 Å². The lowest BCUT2D eigenvalue weighted by atomic mass is 10.1. The van der Waals surface area contributed by atoms with E-state index < -0.39 is 0 Å². The molecule has 0 atom stereocenters. The summed E-state index contributed by atoms with van der Waals surface area (Å²) >= 11 is 9.59. The van der Waals surface area contributed by atoms with Gasteiger partial charge in [0.25, 0.3) is 0 Å². The number of hydrogen-bond acceptors (Lipinski definition) is 4. The van der Waals surface area contributed by atoms with E-state index in [4.69, 9.17) is 17.3 Å². The lowest BCUT2D eigenvalue weighted by Gasteiger charge is -2.10. The number of nitrogens with zero attached hydrogens (tertiary/aromatic N) is 4. The van der Waals surface area contributed by atoms with Crippen molar-refractivity contribution in [2.75, 3.05) is 5.73 Å². The van der Waals surface area contributed by atoms with E-state index in [9.17, 15) is 0 Å². The summed E-state index contributed by atoms with van der Waals surface area (Å²) in [5, 5.41) is 12.4. The predicted octanol–water partition coefficient (Wildman–Crippen LogP) is 3.64. The summed E-state index contributed by atoms with van der Waals surface area (Å²) in [4.78, 5) is 0. The second kappa shape index (κ2) is 5.46. The fourth-order valence-electron chi connectivity index (χ4n) is 2.07. The lowest BCUT2D eigenvalue weighted by molar-refractivity contribution is 0.787. The molecule has 2 aromatic carbocycles. The lowest BCUT2D eigenvalue weighted by Crippen LogP contribution is -2.04. The number of para-hydroxylation sites is 1. The molecule has 3 aromatic rings. The van der Waals surface area contributed by atoms with Gasteiger partial charge in [0.05, 0.1) is 16.4 Å². The van der Waals surface area contributed by atoms with Crippen molar-refractivity contribution in [2.45, 2.75) is 6.92 Å². The summed E-state index contributed by atoms with van der Waals surface area (Å²) in [6.07, 6.45) is 0. The van der Waals surface area contributed by atoms with Crippen LogP contribution in [0.4, 0.5) is 5.69 Å². The van der Waals surface area contributed by atoms with Crippen LogP contribution in [0.25, 0.3) is 17.1 Å². The van der Waals surface area contributed by atoms with Crippen molar-refractivity contribution in [1.82, 2.24) is 20.2 Å². The molecule has 1 heterocycles. The number of halogens is 2. The van der Waals surface area contributed by atoms with Gasteiger partial charge in [0, 0.05) is 10.0 Å². The van der Waals surface area contributed by atoms with E-state index in [1.807, 2.05) is 37.3 Å². The Hall–Kier alpha value is -1.92. The first-order chi connectivity index (χ1) is 10.1. The summed E-state index contributed by atoms with van der Waals surface area (Å²) in [5.41, 5.74) is 9.11. The summed E-state index contributed by atoms with van der Waals surface area (Å²) in [5.74, 6) is 0.552. The molecule has 0 unspecified atom stereocenters. The molecule has 0 saturated carbocycles. The van der Waals surface area contributed by atoms with Gasteiger partial charge in [-0.15, -0.1) is 5.10 Å². The molecule has 0 spiro atoms. The number of anilines is 1. The highest BCUT2D eigenvalue weighted by atomic mass is 79.9. The van der Waals surface area contributed by atoms with Gasteiger partial charge in [0.15, 0.2) is 5.82 Å². The third-order valence-electron chi connectivity index (χ3n) is 3.23. The van der Waals surface area contributed by atoms with Crippen molar-refractivity contribution < 1.29 is 0 Å². The Bertz CT molecular complexity index is 749. The molecule has 1 aromatic heterocycles. The van der Waals surface area contributed by atoms with Gasteiger partial charge in [-0.25, -0.2) is 0 Å². The first-order valence-corrected chi connectivity index (χ1v) is 7.35. The van der Waals surface area contributed by atoms with Crippen LogP contribution in [0.15, 0.2) is 40.9 Å². The van der Waals surface area contributed by atoms with Crippen LogP contribution in [0.1, 0.15) is 5.56 Å². The van der Waals surface area contributed by atoms with Crippen LogP contribution < -0.4 is 5.73 Å². The van der Waals surface area contributed by atoms with Gasteiger partial charge in [-0.3, -0.25) is 0 Å². The molecular formula is C14H11BrClN5. The van der Waals surface area contributed by atoms with Crippen LogP contribution in [-0.2, 0) is 0 Å². The smallest absolute Gasteiger partial charge is 0.189 e. The van der Waals surface area contributed by atoms with Crippen molar-refractivity contribution >= 4 is 33.2 Å². The molecule has 0 aliphatic carbocycles. The third-order valence-corrected chi connectivity index (χ3v) is 4.42. The fraction of sp³-hybridized carbons (Fsp3) is 0.0714. The van der Waals surface area contributed by atoms with E-state index in [1.54, 1.807) is 10.7 Å². The molecule has 106 valence electrons. The highest BCUT2D eigenvalue weighted by molar-refractivity contribution is 9.10. The zero-order chi connectivity index (χ0) is 15.0. The van der Waals surface area contributed by atoms with Gasteiger partial charge in [-0.05, 0) is 47.2 Å². The van der Waals surface area contributed by atoms with Crippen LogP contribution in [-0.4, -0.2) is 20.2 Å². The van der Waals surface area contributed by atoms with Crippen molar-refractivity contribution in [2.24, 2.45) is 0 Å². The number of hydrogen-bond donors (Lipinski definition) is 1. The van der Waals surface area contributed by atoms with Crippen LogP contribution in [0, 0.1) is 6.92 Å². The molecule has 2 N–H and O–H groups in total. The average Bonchev–Trinajstić information content (AvgIpc) is 2.94. The average molecular weight is 365 g/mol. The van der Waals surface area contributed by atoms with Crippen molar-refractivity contribution in [3.63, 3.8) is 0 Å². The number of benzene rings is 2. The molecule has 0 radical (unpaired) electrons. The minimum Gasteiger partial charge on any atom is -0.397 e. The van der Waals surface area contributed by atoms with Gasteiger partial charge in [-0.1, -0.05) is 39.7 Å². The maximum atomic E-state index is 6.08. The maximum Gasteiger partial charge on any atom is 0.189 e. The first-order valence-electron chi connectivity index (χ1n) is 6.18. The number of rotatable bonds is 2. The Morgan fingerprint density at radius 2 is 1.95 bits per heavy atom. The second-order valence-electron chi connectivity index (χ2n) is 4.50. The molecule has 0 bridgehead atoms. The highest BCUT2D eigenvalue weighted by Gasteiger charge is 2.16. The molecule has 0 amide bonds. The summed E-state index contributed by atoms with van der Waals surface area (Å²) < 4.78 is 2.64. The van der Waals surface area contributed by atoms with E-state index in [2.05, 4.69) is 31.5 Å². The molecule has 21 heavy (non-hydrogen) atoms. The summed E-state index contributed by atoms with van der Waals surface area (Å²) in [6.45, 7) is 1.99.